The van der Waals surface area contributed by atoms with Crippen molar-refractivity contribution in [1.82, 2.24) is 0 Å². The van der Waals surface area contributed by atoms with Crippen LogP contribution in [0.3, 0.4) is 0 Å². The standard InChI is InChI=1S/C16H20ClF3O3/c1-4-6-7-10-9-11(13(19)14(22-3)12(10)18)16(17,20)15(21)23-8-5-2/h9H,4-8H2,1-3H3. The average molecular weight is 353 g/mol. The van der Waals surface area contributed by atoms with Crippen LogP contribution in [0.4, 0.5) is 13.2 Å². The molecule has 1 unspecified atom stereocenters. The van der Waals surface area contributed by atoms with Crippen LogP contribution in [0.15, 0.2) is 6.07 Å². The first-order valence-electron chi connectivity index (χ1n) is 7.41. The minimum atomic E-state index is -3.25. The smallest absolute Gasteiger partial charge is 0.364 e. The van der Waals surface area contributed by atoms with Gasteiger partial charge in [0.15, 0.2) is 17.4 Å². The summed E-state index contributed by atoms with van der Waals surface area (Å²) in [5.41, 5.74) is -0.768. The van der Waals surface area contributed by atoms with E-state index in [4.69, 9.17) is 11.6 Å². The lowest BCUT2D eigenvalue weighted by Gasteiger charge is -2.20. The number of aryl methyl sites for hydroxylation is 1. The van der Waals surface area contributed by atoms with Crippen LogP contribution in [0, 0.1) is 11.6 Å². The fraction of sp³-hybridized carbons (Fsp3) is 0.562. The number of methoxy groups -OCH3 is 1. The molecule has 7 heteroatoms. The minimum Gasteiger partial charge on any atom is -0.491 e. The van der Waals surface area contributed by atoms with Crippen molar-refractivity contribution in [1.29, 1.82) is 0 Å². The highest BCUT2D eigenvalue weighted by Crippen LogP contribution is 2.39. The minimum absolute atomic E-state index is 0.0334. The Kier molecular flexibility index (Phi) is 7.19. The van der Waals surface area contributed by atoms with Crippen molar-refractivity contribution >= 4 is 17.6 Å². The zero-order valence-electron chi connectivity index (χ0n) is 13.3. The highest BCUT2D eigenvalue weighted by atomic mass is 35.5. The zero-order valence-corrected chi connectivity index (χ0v) is 14.1. The van der Waals surface area contributed by atoms with Gasteiger partial charge in [-0.3, -0.25) is 0 Å². The van der Waals surface area contributed by atoms with Crippen LogP contribution in [0.2, 0.25) is 0 Å². The first kappa shape index (κ1) is 19.6. The van der Waals surface area contributed by atoms with E-state index in [1.807, 2.05) is 6.92 Å². The van der Waals surface area contributed by atoms with Crippen molar-refractivity contribution in [2.45, 2.75) is 44.7 Å². The Hall–Kier alpha value is -1.43. The normalized spacial score (nSPS) is 13.5. The molecule has 0 radical (unpaired) electrons. The molecule has 0 aliphatic heterocycles. The van der Waals surface area contributed by atoms with Gasteiger partial charge in [0.2, 0.25) is 0 Å². The maximum absolute atomic E-state index is 14.6. The van der Waals surface area contributed by atoms with Crippen molar-refractivity contribution < 1.29 is 27.4 Å². The van der Waals surface area contributed by atoms with Crippen LogP contribution >= 0.6 is 11.6 Å². The summed E-state index contributed by atoms with van der Waals surface area (Å²) in [6, 6.07) is 0.920. The average Bonchev–Trinajstić information content (AvgIpc) is 2.52. The third-order valence-electron chi connectivity index (χ3n) is 3.27. The van der Waals surface area contributed by atoms with Crippen LogP contribution in [0.1, 0.15) is 44.2 Å². The summed E-state index contributed by atoms with van der Waals surface area (Å²) in [5, 5.41) is -3.25. The summed E-state index contributed by atoms with van der Waals surface area (Å²) in [4.78, 5) is 11.8. The van der Waals surface area contributed by atoms with E-state index in [9.17, 15) is 18.0 Å². The molecule has 3 nitrogen and oxygen atoms in total. The van der Waals surface area contributed by atoms with Gasteiger partial charge in [0.1, 0.15) is 0 Å². The van der Waals surface area contributed by atoms with E-state index in [-0.39, 0.29) is 18.6 Å². The number of hydrogen-bond acceptors (Lipinski definition) is 3. The number of ether oxygens (including phenoxy) is 2. The lowest BCUT2D eigenvalue weighted by atomic mass is 10.00. The van der Waals surface area contributed by atoms with Crippen LogP contribution in [-0.2, 0) is 21.1 Å². The van der Waals surface area contributed by atoms with Gasteiger partial charge >= 0.3 is 11.1 Å². The Morgan fingerprint density at radius 1 is 1.26 bits per heavy atom. The van der Waals surface area contributed by atoms with Gasteiger partial charge in [-0.25, -0.2) is 18.0 Å². The van der Waals surface area contributed by atoms with Crippen LogP contribution < -0.4 is 4.74 Å². The highest BCUT2D eigenvalue weighted by Gasteiger charge is 2.44. The molecule has 0 heterocycles. The van der Waals surface area contributed by atoms with Crippen molar-refractivity contribution in [2.24, 2.45) is 0 Å². The fourth-order valence-corrected chi connectivity index (χ4v) is 2.21. The van der Waals surface area contributed by atoms with Gasteiger partial charge < -0.3 is 9.47 Å². The summed E-state index contributed by atoms with van der Waals surface area (Å²) < 4.78 is 52.4. The fourth-order valence-electron chi connectivity index (χ4n) is 2.02. The molecule has 1 aromatic rings. The number of unbranched alkanes of at least 4 members (excludes halogenated alkanes) is 1. The van der Waals surface area contributed by atoms with E-state index in [2.05, 4.69) is 9.47 Å². The maximum atomic E-state index is 14.6. The Morgan fingerprint density at radius 3 is 2.43 bits per heavy atom. The molecule has 0 aliphatic carbocycles. The molecule has 1 atom stereocenters. The van der Waals surface area contributed by atoms with E-state index in [1.54, 1.807) is 6.92 Å². The molecule has 23 heavy (non-hydrogen) atoms. The van der Waals surface area contributed by atoms with Crippen molar-refractivity contribution in [3.8, 4) is 5.75 Å². The lowest BCUT2D eigenvalue weighted by molar-refractivity contribution is -0.152. The molecular weight excluding hydrogens is 333 g/mol. The van der Waals surface area contributed by atoms with E-state index in [1.165, 1.54) is 0 Å². The third kappa shape index (κ3) is 4.31. The number of halogens is 4. The third-order valence-corrected chi connectivity index (χ3v) is 3.63. The van der Waals surface area contributed by atoms with Gasteiger partial charge in [-0.15, -0.1) is 0 Å². The molecule has 0 fully saturated rings. The number of benzene rings is 1. The molecule has 0 saturated carbocycles. The second kappa shape index (κ2) is 8.43. The van der Waals surface area contributed by atoms with Crippen molar-refractivity contribution in [3.05, 3.63) is 28.8 Å². The van der Waals surface area contributed by atoms with Crippen LogP contribution in [0.25, 0.3) is 0 Å². The first-order chi connectivity index (χ1) is 10.8. The molecule has 0 aromatic heterocycles. The monoisotopic (exact) mass is 352 g/mol. The van der Waals surface area contributed by atoms with Gasteiger partial charge in [-0.2, -0.15) is 0 Å². The Labute approximate surface area is 138 Å². The molecule has 130 valence electrons. The molecule has 1 aromatic carbocycles. The second-order valence-corrected chi connectivity index (χ2v) is 5.58. The predicted octanol–water partition coefficient (Wildman–Crippen LogP) is 4.63. The summed E-state index contributed by atoms with van der Waals surface area (Å²) in [5.74, 6) is -4.47. The van der Waals surface area contributed by atoms with Crippen LogP contribution in [-0.4, -0.2) is 19.7 Å². The Morgan fingerprint density at radius 2 is 1.91 bits per heavy atom. The summed E-state index contributed by atoms with van der Waals surface area (Å²) in [7, 11) is 1.05. The molecule has 0 saturated heterocycles. The van der Waals surface area contributed by atoms with Crippen molar-refractivity contribution in [2.75, 3.05) is 13.7 Å². The van der Waals surface area contributed by atoms with E-state index < -0.39 is 34.0 Å². The SMILES string of the molecule is CCCCc1cc(C(F)(Cl)C(=O)OCCC)c(F)c(OC)c1F. The quantitative estimate of drug-likeness (QED) is 0.505. The van der Waals surface area contributed by atoms with Gasteiger partial charge in [0.05, 0.1) is 19.3 Å². The van der Waals surface area contributed by atoms with E-state index >= 15 is 0 Å². The number of hydrogen-bond donors (Lipinski definition) is 0. The zero-order chi connectivity index (χ0) is 17.6. The van der Waals surface area contributed by atoms with E-state index in [0.717, 1.165) is 19.6 Å². The molecule has 0 spiro atoms. The molecule has 0 amide bonds. The summed E-state index contributed by atoms with van der Waals surface area (Å²) in [6.07, 6.45) is 2.06. The van der Waals surface area contributed by atoms with Gasteiger partial charge in [0, 0.05) is 0 Å². The number of alkyl halides is 2. The Bertz CT molecular complexity index is 562. The predicted molar refractivity (Wildman–Crippen MR) is 81.4 cm³/mol. The topological polar surface area (TPSA) is 35.5 Å². The molecule has 1 rings (SSSR count). The maximum Gasteiger partial charge on any atom is 0.364 e. The highest BCUT2D eigenvalue weighted by molar-refractivity contribution is 6.32. The molecule has 0 aliphatic rings. The van der Waals surface area contributed by atoms with E-state index in [0.29, 0.717) is 12.8 Å². The van der Waals surface area contributed by atoms with Gasteiger partial charge in [-0.05, 0) is 30.9 Å². The molecule has 0 N–H and O–H groups in total. The van der Waals surface area contributed by atoms with Gasteiger partial charge in [-0.1, -0.05) is 31.9 Å². The largest absolute Gasteiger partial charge is 0.491 e. The molecular formula is C16H20ClF3O3. The number of rotatable bonds is 8. The van der Waals surface area contributed by atoms with Crippen molar-refractivity contribution in [3.63, 3.8) is 0 Å². The summed E-state index contributed by atoms with van der Waals surface area (Å²) >= 11 is 5.58. The number of esters is 1. The summed E-state index contributed by atoms with van der Waals surface area (Å²) in [6.45, 7) is 3.55. The van der Waals surface area contributed by atoms with Gasteiger partial charge in [0.25, 0.3) is 0 Å². The van der Waals surface area contributed by atoms with Crippen LogP contribution in [0.5, 0.6) is 5.75 Å². The second-order valence-electron chi connectivity index (χ2n) is 5.06. The number of carbonyl (C=O) groups is 1. The Balaban J connectivity index is 3.35. The first-order valence-corrected chi connectivity index (χ1v) is 7.79. The lowest BCUT2D eigenvalue weighted by Crippen LogP contribution is -2.29. The molecule has 0 bridgehead atoms. The number of carbonyl (C=O) groups excluding carboxylic acids is 1.